The van der Waals surface area contributed by atoms with E-state index in [1.807, 2.05) is 73.1 Å². The number of carbonyl (C=O) groups is 5. The van der Waals surface area contributed by atoms with E-state index in [2.05, 4.69) is 214 Å². The van der Waals surface area contributed by atoms with E-state index in [9.17, 15) is 37.5 Å². The highest BCUT2D eigenvalue weighted by Gasteiger charge is 2.58. The lowest BCUT2D eigenvalue weighted by molar-refractivity contribution is -0.773. The fourth-order valence-corrected chi connectivity index (χ4v) is 9.94. The van der Waals surface area contributed by atoms with Gasteiger partial charge < -0.3 is 52.4 Å². The number of nitrogens with zero attached hydrogens (tertiary/aromatic N) is 9. The number of unbranched alkanes of at least 4 members (excludes halogenated alkanes) is 1. The van der Waals surface area contributed by atoms with E-state index in [1.165, 1.54) is 19.2 Å². The third kappa shape index (κ3) is 39.2. The maximum absolute atomic E-state index is 13.5. The number of terminal acetylenes is 1. The molecule has 1 aliphatic rings. The lowest BCUT2D eigenvalue weighted by Gasteiger charge is -2.50. The standard InChI is InChI=1S/C32H38N8O10S2.C27H4.C11H20N4O2.C9H17BrO2.C3H5N3/c1-32(2)23(29(42)40(32)50-52(45,46)47-4)16-26(41)28(25-18-51-31(34)36-25)37-49-27(30(43)44)17-48-22-8-9-24-19(14-22)6-7-20(35-24)15-21-10-13-39(38(21)3)12-5-11-33;1-3-5-7-9-11-13-15-17-19-21-23-25-27-26-24-22-20-18-16-14-12-10-8-6-4-2;1-11(2,3)17-10(16)13-6-4-7-15-8-5-9(12)14-15;1-9(2,3)12-8(11)6-4-5-7-10;4-3-1-2-5-6-3/h6-10,13-14,18,23,27H,5,11-12,15-17,33H2,1-4H3,(H2-,34,36,43,44);1H,2H3;5,8H,4,6-7H2,1-3H3,(H2,12,14)(H,13,16);4-7H2,1-3H3;1-2H,(H3,4,5,6)/p+1/b37-28-;;;;/t23-,27+;;;;/m1..../s1. The van der Waals surface area contributed by atoms with Gasteiger partial charge >= 0.3 is 28.4 Å². The van der Waals surface area contributed by atoms with E-state index in [0.29, 0.717) is 54.9 Å². The van der Waals surface area contributed by atoms with Crippen LogP contribution in [0, 0.1) is 160 Å². The molecule has 2 atom stereocenters. The number of fused-ring (bicyclic) bond motifs is 1. The van der Waals surface area contributed by atoms with Crippen LogP contribution in [0.3, 0.4) is 0 Å². The van der Waals surface area contributed by atoms with Crippen LogP contribution in [0.2, 0.25) is 0 Å². The minimum atomic E-state index is -4.49. The Balaban J connectivity index is 0.000000447. The molecule has 0 saturated carbocycles. The normalized spacial score (nSPS) is 11.8. The number of esters is 1. The number of nitrogens with one attached hydrogen (secondary N) is 2. The first-order chi connectivity index (χ1) is 54.3. The molecule has 32 heteroatoms. The number of carboxylic acids is 1. The Kier molecular flexibility index (Phi) is 42.4. The number of anilines is 3. The van der Waals surface area contributed by atoms with E-state index in [0.717, 1.165) is 78.3 Å². The molecule has 1 aliphatic heterocycles. The number of aromatic amines is 1. The molecule has 2 amide bonds. The lowest BCUT2D eigenvalue weighted by Crippen LogP contribution is -2.68. The highest BCUT2D eigenvalue weighted by atomic mass is 79.9. The van der Waals surface area contributed by atoms with Gasteiger partial charge in [0, 0.05) is 120 Å². The number of nitrogen functional groups attached to an aromatic ring is 3. The highest BCUT2D eigenvalue weighted by molar-refractivity contribution is 9.09. The van der Waals surface area contributed by atoms with Crippen molar-refractivity contribution in [3.05, 3.63) is 89.6 Å². The zero-order valence-corrected chi connectivity index (χ0v) is 67.9. The Labute approximate surface area is 677 Å². The van der Waals surface area contributed by atoms with Gasteiger partial charge in [-0.3, -0.25) is 33.3 Å². The van der Waals surface area contributed by atoms with Gasteiger partial charge in [-0.2, -0.15) is 28.4 Å². The van der Waals surface area contributed by atoms with Gasteiger partial charge in [-0.05, 0) is 219 Å². The summed E-state index contributed by atoms with van der Waals surface area (Å²) in [6, 6.07) is 14.4. The number of aliphatic carboxylic acids is 1. The number of amides is 2. The number of hydrogen-bond donors (Lipinski definition) is 7. The molecular formula is C82H85BrN15O14S2+. The van der Waals surface area contributed by atoms with Gasteiger partial charge in [0.1, 0.15) is 40.9 Å². The monoisotopic (exact) mass is 1650 g/mol. The van der Waals surface area contributed by atoms with Crippen molar-refractivity contribution in [1.29, 1.82) is 0 Å². The number of nitrogens with two attached hydrogens (primary N) is 4. The average Bonchev–Trinajstić information content (AvgIpc) is 0.863. The first kappa shape index (κ1) is 94.7. The Morgan fingerprint density at radius 2 is 1.40 bits per heavy atom. The average molecular weight is 1650 g/mol. The molecule has 5 aromatic heterocycles. The van der Waals surface area contributed by atoms with Gasteiger partial charge in [0.15, 0.2) is 29.4 Å². The summed E-state index contributed by atoms with van der Waals surface area (Å²) in [6.07, 6.45) is 12.6. The molecule has 6 aromatic rings. The molecule has 29 nitrogen and oxygen atoms in total. The topological polar surface area (TPSA) is 408 Å². The minimum absolute atomic E-state index is 0.00322. The number of carboxylic acid groups (broad SMARTS) is 1. The Hall–Kier alpha value is -13.5. The van der Waals surface area contributed by atoms with Crippen molar-refractivity contribution in [2.75, 3.05) is 49.3 Å². The zero-order valence-electron chi connectivity index (χ0n) is 64.6. The molecule has 0 aliphatic carbocycles. The molecule has 6 heterocycles. The van der Waals surface area contributed by atoms with Crippen LogP contribution in [0.4, 0.5) is 21.6 Å². The van der Waals surface area contributed by atoms with Crippen molar-refractivity contribution in [3.8, 4) is 160 Å². The summed E-state index contributed by atoms with van der Waals surface area (Å²) in [6.45, 7) is 18.1. The molecule has 7 rings (SSSR count). The number of alkyl halides is 1. The quantitative estimate of drug-likeness (QED) is 0.00474. The second kappa shape index (κ2) is 51.1. The predicted molar refractivity (Wildman–Crippen MR) is 436 cm³/mol. The van der Waals surface area contributed by atoms with Crippen molar-refractivity contribution in [3.63, 3.8) is 0 Å². The number of benzene rings is 1. The van der Waals surface area contributed by atoms with E-state index in [4.69, 9.17) is 57.7 Å². The van der Waals surface area contributed by atoms with Gasteiger partial charge in [0.25, 0.3) is 12.0 Å². The summed E-state index contributed by atoms with van der Waals surface area (Å²) in [7, 11) is -1.63. The molecule has 1 saturated heterocycles. The van der Waals surface area contributed by atoms with Gasteiger partial charge in [-0.1, -0.05) is 33.1 Å². The second-order valence-electron chi connectivity index (χ2n) is 25.1. The number of rotatable bonds is 26. The summed E-state index contributed by atoms with van der Waals surface area (Å²) in [5, 5.41) is 30.4. The van der Waals surface area contributed by atoms with Gasteiger partial charge in [-0.15, -0.1) is 26.7 Å². The molecule has 11 N–H and O–H groups in total. The van der Waals surface area contributed by atoms with E-state index in [1.54, 1.807) is 48.1 Å². The zero-order chi connectivity index (χ0) is 84.4. The number of hydrogen-bond acceptors (Lipinski definition) is 23. The largest absolute Gasteiger partial charge is 0.489 e. The highest BCUT2D eigenvalue weighted by Crippen LogP contribution is 2.41. The number of hydroxylamine groups is 2. The summed E-state index contributed by atoms with van der Waals surface area (Å²) in [4.78, 5) is 74.9. The van der Waals surface area contributed by atoms with Crippen molar-refractivity contribution in [2.24, 2.45) is 23.9 Å². The summed E-state index contributed by atoms with van der Waals surface area (Å²) in [5.41, 5.74) is 22.3. The third-order valence-corrected chi connectivity index (χ3v) is 15.7. The first-order valence-electron chi connectivity index (χ1n) is 34.2. The van der Waals surface area contributed by atoms with Crippen molar-refractivity contribution in [2.45, 2.75) is 143 Å². The number of oxime groups is 1. The number of carbonyl (C=O) groups excluding carboxylic acids is 4. The molecule has 1 aromatic carbocycles. The number of halogens is 1. The van der Waals surface area contributed by atoms with Crippen LogP contribution in [0.5, 0.6) is 5.75 Å². The predicted octanol–water partition coefficient (Wildman–Crippen LogP) is 6.06. The van der Waals surface area contributed by atoms with Gasteiger partial charge in [-0.25, -0.2) is 14.6 Å². The molecule has 0 radical (unpaired) electrons. The number of alkyl carbamates (subject to hydrolysis) is 1. The molecule has 0 bridgehead atoms. The van der Waals surface area contributed by atoms with Crippen LogP contribution < -0.4 is 37.7 Å². The maximum Gasteiger partial charge on any atom is 0.420 e. The fourth-order valence-electron chi connectivity index (χ4n) is 8.49. The van der Waals surface area contributed by atoms with Crippen LogP contribution in [0.25, 0.3) is 10.9 Å². The minimum Gasteiger partial charge on any atom is -0.489 e. The fraction of sp³-hybridized carbons (Fsp3) is 0.354. The molecule has 1 fully saturated rings. The number of aryl methyl sites for hydroxylation is 2. The second-order valence-corrected chi connectivity index (χ2v) is 28.1. The van der Waals surface area contributed by atoms with E-state index < -0.39 is 70.3 Å². The molecular weight excluding hydrogens is 1560 g/mol. The molecule has 0 spiro atoms. The van der Waals surface area contributed by atoms with Crippen LogP contribution in [0.1, 0.15) is 118 Å². The smallest absolute Gasteiger partial charge is 0.420 e. The number of aromatic nitrogens is 8. The summed E-state index contributed by atoms with van der Waals surface area (Å²) >= 11 is 4.31. The number of Topliss-reactive ketones (excluding diaryl/α,β-unsaturated/α-hetero) is 1. The number of ether oxygens (including phenoxy) is 3. The van der Waals surface area contributed by atoms with E-state index >= 15 is 0 Å². The van der Waals surface area contributed by atoms with Crippen LogP contribution in [0.15, 0.2) is 77.7 Å². The maximum atomic E-state index is 13.5. The first-order valence-corrected chi connectivity index (χ1v) is 37.6. The van der Waals surface area contributed by atoms with Gasteiger partial charge in [0.2, 0.25) is 0 Å². The van der Waals surface area contributed by atoms with Crippen LogP contribution in [-0.2, 0) is 78.9 Å². The van der Waals surface area contributed by atoms with Crippen LogP contribution in [-0.4, -0.2) is 144 Å². The third-order valence-electron chi connectivity index (χ3n) is 13.7. The molecule has 0 unspecified atom stereocenters. The number of pyridine rings is 1. The number of ketones is 1. The Morgan fingerprint density at radius 3 is 1.88 bits per heavy atom. The Morgan fingerprint density at radius 1 is 0.807 bits per heavy atom. The van der Waals surface area contributed by atoms with Crippen molar-refractivity contribution in [1.82, 2.24) is 45.0 Å². The molecule has 114 heavy (non-hydrogen) atoms. The van der Waals surface area contributed by atoms with Crippen LogP contribution >= 0.6 is 27.3 Å². The number of H-pyrrole nitrogens is 1. The van der Waals surface area contributed by atoms with E-state index in [-0.39, 0.29) is 28.1 Å². The van der Waals surface area contributed by atoms with Crippen molar-refractivity contribution >= 4 is 101 Å². The Bertz CT molecular complexity index is 5350. The summed E-state index contributed by atoms with van der Waals surface area (Å²) in [5.74, 6) is 59.3. The SMILES string of the molecule is C#CC#CC#CC#CC#CC#CC#CC#CC#CC#CC#CC#CC#CC.CC(C)(C)OC(=O)CCCCBr.CC(C)(C)OC(=O)NCCCn1ccc(N)n1.COS(=O)(=O)ON1C(=O)[C@@H](CC(=O)/C(=N\O[C@@H](COc2ccc3nc(Cc4cc[n+](CCCN)n4C)ccc3c2)C(=O)O)c2csc(N)n2)C1(C)C.Nc1ccn[nH]1. The number of β-lactam (4-membered cyclic amide) rings is 1. The molecule has 590 valence electrons. The summed E-state index contributed by atoms with van der Waals surface area (Å²) < 4.78 is 54.3. The number of thiazole rings is 1. The van der Waals surface area contributed by atoms with Crippen molar-refractivity contribution < 1.29 is 69.7 Å². The van der Waals surface area contributed by atoms with Gasteiger partial charge in [0.05, 0.1) is 43.0 Å². The lowest BCUT2D eigenvalue weighted by atomic mass is 9.74.